The van der Waals surface area contributed by atoms with Crippen LogP contribution in [-0.2, 0) is 19.1 Å². The summed E-state index contributed by atoms with van der Waals surface area (Å²) in [5.41, 5.74) is 3.48. The second kappa shape index (κ2) is 14.4. The zero-order valence-electron chi connectivity index (χ0n) is 23.8. The van der Waals surface area contributed by atoms with Gasteiger partial charge >= 0.3 is 0 Å². The van der Waals surface area contributed by atoms with Gasteiger partial charge in [-0.15, -0.1) is 0 Å². The molecule has 10 nitrogen and oxygen atoms in total. The maximum absolute atomic E-state index is 13.1. The largest absolute Gasteiger partial charge is 0.493 e. The van der Waals surface area contributed by atoms with Gasteiger partial charge in [-0.05, 0) is 86.8 Å². The lowest BCUT2D eigenvalue weighted by Gasteiger charge is -2.11. The Labute approximate surface area is 249 Å². The van der Waals surface area contributed by atoms with E-state index >= 15 is 0 Å². The van der Waals surface area contributed by atoms with E-state index in [4.69, 9.17) is 9.07 Å². The SMILES string of the molecule is COOSc1ccc(-c2nc(C(=O)NCCCCOc3ccc(C)cc3C)nc(-c3ccc(S(C)(=O)=O)cc3)n2)cc1. The third-order valence-electron chi connectivity index (χ3n) is 6.13. The fourth-order valence-electron chi connectivity index (χ4n) is 3.97. The first kappa shape index (κ1) is 31.1. The molecule has 0 unspecified atom stereocenters. The Balaban J connectivity index is 1.48. The van der Waals surface area contributed by atoms with Crippen LogP contribution in [0.5, 0.6) is 5.75 Å². The topological polar surface area (TPSA) is 130 Å². The molecule has 3 aromatic carbocycles. The maximum atomic E-state index is 13.1. The minimum Gasteiger partial charge on any atom is -0.493 e. The molecule has 0 aliphatic heterocycles. The van der Waals surface area contributed by atoms with Gasteiger partial charge in [0.05, 0.1) is 30.7 Å². The van der Waals surface area contributed by atoms with Crippen molar-refractivity contribution in [2.45, 2.75) is 36.5 Å². The summed E-state index contributed by atoms with van der Waals surface area (Å²) in [7, 11) is -1.95. The number of nitrogens with zero attached hydrogens (tertiary/aromatic N) is 3. The van der Waals surface area contributed by atoms with Gasteiger partial charge in [0.2, 0.25) is 5.82 Å². The minimum atomic E-state index is -3.37. The monoisotopic (exact) mass is 608 g/mol. The summed E-state index contributed by atoms with van der Waals surface area (Å²) < 4.78 is 34.6. The minimum absolute atomic E-state index is 0.0464. The molecule has 0 spiro atoms. The van der Waals surface area contributed by atoms with Crippen LogP contribution < -0.4 is 10.1 Å². The highest BCUT2D eigenvalue weighted by Gasteiger charge is 2.17. The van der Waals surface area contributed by atoms with Gasteiger partial charge in [-0.2, -0.15) is 4.33 Å². The Morgan fingerprint density at radius 3 is 2.12 bits per heavy atom. The van der Waals surface area contributed by atoms with Gasteiger partial charge in [-0.1, -0.05) is 17.7 Å². The van der Waals surface area contributed by atoms with E-state index in [-0.39, 0.29) is 16.5 Å². The number of nitrogens with one attached hydrogen (secondary N) is 1. The summed E-state index contributed by atoms with van der Waals surface area (Å²) in [6.45, 7) is 5.01. The molecule has 0 atom stereocenters. The zero-order valence-corrected chi connectivity index (χ0v) is 25.4. The Morgan fingerprint density at radius 1 is 0.881 bits per heavy atom. The van der Waals surface area contributed by atoms with Gasteiger partial charge in [-0.3, -0.25) is 4.79 Å². The molecule has 0 bridgehead atoms. The molecule has 1 heterocycles. The summed E-state index contributed by atoms with van der Waals surface area (Å²) in [5, 5.41) is 2.87. The fourth-order valence-corrected chi connectivity index (χ4v) is 5.00. The molecule has 0 fully saturated rings. The number of hydrogen-bond donors (Lipinski definition) is 1. The molecule has 0 saturated carbocycles. The van der Waals surface area contributed by atoms with E-state index < -0.39 is 15.7 Å². The van der Waals surface area contributed by atoms with E-state index in [9.17, 15) is 13.2 Å². The van der Waals surface area contributed by atoms with Crippen LogP contribution in [0.15, 0.2) is 76.5 Å². The number of benzene rings is 3. The number of rotatable bonds is 13. The van der Waals surface area contributed by atoms with Crippen LogP contribution in [-0.4, -0.2) is 55.8 Å². The molecule has 0 saturated heterocycles. The smallest absolute Gasteiger partial charge is 0.289 e. The third-order valence-corrected chi connectivity index (χ3v) is 7.93. The lowest BCUT2D eigenvalue weighted by atomic mass is 10.1. The number of carbonyl (C=O) groups is 1. The molecule has 0 aliphatic rings. The van der Waals surface area contributed by atoms with Crippen molar-refractivity contribution >= 4 is 27.8 Å². The molecule has 4 rings (SSSR count). The van der Waals surface area contributed by atoms with Crippen LogP contribution in [0.3, 0.4) is 0 Å². The van der Waals surface area contributed by atoms with E-state index in [2.05, 4.69) is 31.2 Å². The van der Waals surface area contributed by atoms with Crippen LogP contribution in [0.1, 0.15) is 34.6 Å². The predicted octanol–water partition coefficient (Wildman–Crippen LogP) is 5.40. The van der Waals surface area contributed by atoms with Crippen molar-refractivity contribution in [2.24, 2.45) is 0 Å². The maximum Gasteiger partial charge on any atom is 0.289 e. The molecule has 42 heavy (non-hydrogen) atoms. The summed E-state index contributed by atoms with van der Waals surface area (Å²) in [5.74, 6) is 0.910. The highest BCUT2D eigenvalue weighted by Crippen LogP contribution is 2.25. The Bertz CT molecular complexity index is 1630. The molecule has 0 radical (unpaired) electrons. The van der Waals surface area contributed by atoms with Crippen molar-refractivity contribution in [3.63, 3.8) is 0 Å². The zero-order chi connectivity index (χ0) is 30.1. The molecule has 1 N–H and O–H groups in total. The normalized spacial score (nSPS) is 11.3. The van der Waals surface area contributed by atoms with Gasteiger partial charge in [-0.25, -0.2) is 28.3 Å². The number of unbranched alkanes of at least 4 members (excludes halogenated alkanes) is 1. The van der Waals surface area contributed by atoms with Crippen LogP contribution >= 0.6 is 12.0 Å². The summed E-state index contributed by atoms with van der Waals surface area (Å²) in [4.78, 5) is 32.1. The molecule has 1 amide bonds. The van der Waals surface area contributed by atoms with E-state index in [0.29, 0.717) is 36.5 Å². The summed E-state index contributed by atoms with van der Waals surface area (Å²) in [6.07, 6.45) is 2.60. The predicted molar refractivity (Wildman–Crippen MR) is 161 cm³/mol. The first-order valence-electron chi connectivity index (χ1n) is 13.2. The number of hydrogen-bond acceptors (Lipinski definition) is 10. The Morgan fingerprint density at radius 2 is 1.52 bits per heavy atom. The summed E-state index contributed by atoms with van der Waals surface area (Å²) >= 11 is 1.05. The number of amides is 1. The number of carbonyl (C=O) groups excluding carboxylic acids is 1. The molecular weight excluding hydrogens is 576 g/mol. The highest BCUT2D eigenvalue weighted by atomic mass is 32.2. The quantitative estimate of drug-likeness (QED) is 0.0911. The van der Waals surface area contributed by atoms with Crippen molar-refractivity contribution in [2.75, 3.05) is 26.5 Å². The van der Waals surface area contributed by atoms with Gasteiger partial charge in [0.1, 0.15) is 5.75 Å². The van der Waals surface area contributed by atoms with Crippen LogP contribution in [0.2, 0.25) is 0 Å². The molecule has 1 aromatic heterocycles. The fraction of sp³-hybridized carbons (Fsp3) is 0.267. The number of sulfone groups is 1. The number of aryl methyl sites for hydroxylation is 2. The third kappa shape index (κ3) is 8.58. The van der Waals surface area contributed by atoms with Gasteiger partial charge in [0.25, 0.3) is 5.91 Å². The molecule has 12 heteroatoms. The van der Waals surface area contributed by atoms with Crippen molar-refractivity contribution < 1.29 is 27.2 Å². The molecule has 220 valence electrons. The van der Waals surface area contributed by atoms with Crippen molar-refractivity contribution in [3.05, 3.63) is 83.7 Å². The second-order valence-electron chi connectivity index (χ2n) is 9.53. The van der Waals surface area contributed by atoms with Crippen LogP contribution in [0.4, 0.5) is 0 Å². The number of ether oxygens (including phenoxy) is 1. The van der Waals surface area contributed by atoms with Crippen LogP contribution in [0.25, 0.3) is 22.8 Å². The first-order valence-corrected chi connectivity index (χ1v) is 15.8. The standard InChI is InChI=1S/C30H32N4O6S2/c1-20-7-16-26(21(2)19-20)39-18-6-5-17-31-30(35)29-33-27(22-8-12-24(13-9-22)41-40-38-3)32-28(34-29)23-10-14-25(15-11-23)42(4,36)37/h7-16,19H,5-6,17-18H2,1-4H3,(H,31,35). The van der Waals surface area contributed by atoms with Crippen molar-refractivity contribution in [1.82, 2.24) is 20.3 Å². The average Bonchev–Trinajstić information content (AvgIpc) is 2.98. The average molecular weight is 609 g/mol. The van der Waals surface area contributed by atoms with E-state index in [1.807, 2.05) is 38.1 Å². The van der Waals surface area contributed by atoms with Gasteiger partial charge in [0.15, 0.2) is 21.5 Å². The lowest BCUT2D eigenvalue weighted by Crippen LogP contribution is -2.27. The summed E-state index contributed by atoms with van der Waals surface area (Å²) in [6, 6.07) is 19.5. The first-order chi connectivity index (χ1) is 20.1. The van der Waals surface area contributed by atoms with E-state index in [0.717, 1.165) is 40.9 Å². The van der Waals surface area contributed by atoms with Gasteiger partial charge in [0, 0.05) is 28.8 Å². The highest BCUT2D eigenvalue weighted by molar-refractivity contribution is 7.94. The molecular formula is C30H32N4O6S2. The Hall–Kier alpha value is -3.84. The second-order valence-corrected chi connectivity index (χ2v) is 12.3. The molecule has 4 aromatic rings. The van der Waals surface area contributed by atoms with Crippen molar-refractivity contribution in [1.29, 1.82) is 0 Å². The van der Waals surface area contributed by atoms with E-state index in [1.54, 1.807) is 24.3 Å². The Kier molecular flexibility index (Phi) is 10.6. The van der Waals surface area contributed by atoms with E-state index in [1.165, 1.54) is 24.8 Å². The van der Waals surface area contributed by atoms with Crippen LogP contribution in [0, 0.1) is 13.8 Å². The lowest BCUT2D eigenvalue weighted by molar-refractivity contribution is -0.160. The molecule has 0 aliphatic carbocycles. The number of aromatic nitrogens is 3. The van der Waals surface area contributed by atoms with Gasteiger partial charge < -0.3 is 10.1 Å². The van der Waals surface area contributed by atoms with Crippen molar-refractivity contribution in [3.8, 4) is 28.5 Å².